The zero-order chi connectivity index (χ0) is 50.9. The molecule has 5 N–H and O–H groups in total. The Labute approximate surface area is 455 Å². The predicted octanol–water partition coefficient (Wildman–Crippen LogP) is 4.14. The van der Waals surface area contributed by atoms with Crippen molar-refractivity contribution in [2.45, 2.75) is 93.8 Å². The molecule has 3 aromatic rings. The summed E-state index contributed by atoms with van der Waals surface area (Å²) in [4.78, 5) is 13.3. The summed E-state index contributed by atoms with van der Waals surface area (Å²) in [6.45, 7) is 13.5. The fraction of sp³-hybridized carbons (Fsp3) is 0.375. The molecule has 0 bridgehead atoms. The van der Waals surface area contributed by atoms with E-state index in [2.05, 4.69) is 11.9 Å². The van der Waals surface area contributed by atoms with Crippen molar-refractivity contribution < 1.29 is 119 Å². The van der Waals surface area contributed by atoms with E-state index in [4.69, 9.17) is 4.74 Å². The Hall–Kier alpha value is -3.62. The first-order valence-corrected chi connectivity index (χ1v) is 28.2. The zero-order valence-corrected chi connectivity index (χ0v) is 46.4. The molecule has 0 atom stereocenters. The van der Waals surface area contributed by atoms with Crippen molar-refractivity contribution in [3.05, 3.63) is 136 Å². The van der Waals surface area contributed by atoms with Crippen molar-refractivity contribution in [2.75, 3.05) is 36.0 Å². The molecule has 17 nitrogen and oxygen atoms in total. The third-order valence-corrected chi connectivity index (χ3v) is 15.8. The first-order chi connectivity index (χ1) is 32.0. The van der Waals surface area contributed by atoms with Gasteiger partial charge in [-0.2, -0.15) is 38.2 Å². The minimum absolute atomic E-state index is 0. The fourth-order valence-corrected chi connectivity index (χ4v) is 10.9. The molecular weight excluding hydrogens is 1010 g/mol. The number of fused-ring (bicyclic) bond motifs is 2. The van der Waals surface area contributed by atoms with Crippen LogP contribution in [0.1, 0.15) is 84.8 Å². The van der Waals surface area contributed by atoms with Crippen molar-refractivity contribution in [3.63, 3.8) is 0 Å². The maximum absolute atomic E-state index is 12.2. The average Bonchev–Trinajstić information content (AvgIpc) is 3.58. The number of allylic oxidation sites excluding steroid dienone is 7. The average molecular weight is 1070 g/mol. The first-order valence-electron chi connectivity index (χ1n) is 22.1. The summed E-state index contributed by atoms with van der Waals surface area (Å²) in [5, 5.41) is 2.82. The van der Waals surface area contributed by atoms with Crippen LogP contribution in [0.15, 0.2) is 130 Å². The van der Waals surface area contributed by atoms with Gasteiger partial charge in [0.2, 0.25) is 11.6 Å². The maximum Gasteiger partial charge on any atom is 1.00 e. The topological polar surface area (TPSA) is 262 Å². The van der Waals surface area contributed by atoms with Gasteiger partial charge in [0.25, 0.3) is 40.5 Å². The second kappa shape index (κ2) is 22.2. The van der Waals surface area contributed by atoms with Crippen LogP contribution in [-0.4, -0.2) is 99.2 Å². The number of hydrogen-bond donors (Lipinski definition) is 5. The summed E-state index contributed by atoms with van der Waals surface area (Å²) in [5.41, 5.74) is 4.77. The van der Waals surface area contributed by atoms with Gasteiger partial charge in [0.05, 0.1) is 26.7 Å². The number of nitrogens with one attached hydrogen (secondary N) is 1. The van der Waals surface area contributed by atoms with Crippen molar-refractivity contribution >= 4 is 63.5 Å². The molecule has 0 saturated heterocycles. The van der Waals surface area contributed by atoms with Gasteiger partial charge >= 0.3 is 51.4 Å². The molecule has 6 rings (SSSR count). The molecule has 3 aromatic carbocycles. The van der Waals surface area contributed by atoms with Gasteiger partial charge in [-0.3, -0.25) is 23.0 Å². The number of hydrogen-bond acceptors (Lipinski definition) is 11. The molecule has 2 aliphatic heterocycles. The smallest absolute Gasteiger partial charge is 1.00 e. The molecule has 0 unspecified atom stereocenters. The molecule has 0 radical (unpaired) electrons. The van der Waals surface area contributed by atoms with E-state index in [0.717, 1.165) is 16.7 Å². The summed E-state index contributed by atoms with van der Waals surface area (Å²) in [7, 11) is -17.8. The van der Waals surface area contributed by atoms with Crippen LogP contribution in [0.5, 0.6) is 5.75 Å². The van der Waals surface area contributed by atoms with Gasteiger partial charge in [-0.1, -0.05) is 38.6 Å². The van der Waals surface area contributed by atoms with E-state index in [9.17, 15) is 56.7 Å². The van der Waals surface area contributed by atoms with Crippen LogP contribution in [0, 0.1) is 0 Å². The summed E-state index contributed by atoms with van der Waals surface area (Å²) in [6.07, 6.45) is 9.89. The Morgan fingerprint density at radius 2 is 1.40 bits per heavy atom. The molecule has 1 aliphatic carbocycles. The third-order valence-electron chi connectivity index (χ3n) is 12.5. The van der Waals surface area contributed by atoms with E-state index in [1.807, 2.05) is 85.7 Å². The number of carbonyl (C=O) groups excluding carboxylic acids is 1. The van der Waals surface area contributed by atoms with Crippen LogP contribution >= 0.6 is 0 Å². The van der Waals surface area contributed by atoms with E-state index in [1.54, 1.807) is 19.1 Å². The van der Waals surface area contributed by atoms with Crippen LogP contribution in [0.2, 0.25) is 0 Å². The van der Waals surface area contributed by atoms with Crippen LogP contribution in [0.3, 0.4) is 0 Å². The van der Waals surface area contributed by atoms with Gasteiger partial charge < -0.3 is 16.4 Å². The second-order valence-corrected chi connectivity index (χ2v) is 24.3. The number of ether oxygens (including phenoxy) is 1. The number of nitrogens with zero attached hydrogens (tertiary/aromatic N) is 2. The summed E-state index contributed by atoms with van der Waals surface area (Å²) in [6, 6.07) is 15.8. The van der Waals surface area contributed by atoms with Crippen molar-refractivity contribution in [1.82, 2.24) is 5.32 Å². The molecule has 0 saturated carbocycles. The Morgan fingerprint density at radius 3 is 2.00 bits per heavy atom. The molecule has 374 valence electrons. The number of amides is 1. The minimum Gasteiger partial charge on any atom is -1.00 e. The maximum atomic E-state index is 12.2. The van der Waals surface area contributed by atoms with Crippen molar-refractivity contribution in [2.24, 2.45) is 0 Å². The molecule has 22 heteroatoms. The van der Waals surface area contributed by atoms with Gasteiger partial charge in [-0.05, 0) is 130 Å². The summed E-state index contributed by atoms with van der Waals surface area (Å²) >= 11 is 0. The van der Waals surface area contributed by atoms with Crippen LogP contribution < -0.4 is 66.3 Å². The van der Waals surface area contributed by atoms with Crippen LogP contribution in [-0.2, 0) is 62.5 Å². The molecule has 0 spiro atoms. The predicted molar refractivity (Wildman–Crippen MR) is 264 cm³/mol. The summed E-state index contributed by atoms with van der Waals surface area (Å²) < 4.78 is 144. The number of rotatable bonds is 19. The Balaban J connectivity index is 0.00000548. The van der Waals surface area contributed by atoms with Crippen molar-refractivity contribution in [1.29, 1.82) is 0 Å². The molecule has 0 fully saturated rings. The minimum atomic E-state index is -4.57. The Kier molecular flexibility index (Phi) is 18.2. The zero-order valence-electron chi connectivity index (χ0n) is 41.0. The van der Waals surface area contributed by atoms with E-state index in [0.29, 0.717) is 83.2 Å². The van der Waals surface area contributed by atoms with Crippen LogP contribution in [0.25, 0.3) is 0 Å². The summed E-state index contributed by atoms with van der Waals surface area (Å²) in [5.74, 6) is -0.271. The molecule has 3 aliphatic rings. The van der Waals surface area contributed by atoms with Gasteiger partial charge in [0.15, 0.2) is 5.71 Å². The van der Waals surface area contributed by atoms with E-state index < -0.39 is 62.8 Å². The second-order valence-electron chi connectivity index (χ2n) is 18.3. The molecular formula is C48H59KN3O14S4+. The third kappa shape index (κ3) is 13.9. The molecule has 0 aromatic heterocycles. The number of benzene rings is 3. The van der Waals surface area contributed by atoms with Gasteiger partial charge in [0.1, 0.15) is 18.1 Å². The van der Waals surface area contributed by atoms with E-state index >= 15 is 0 Å². The SMILES string of the molecule is C=C(C)C(=O)NCCc1ccc(OC2=C(/C=C/C3=[N+](CCCS(=O)(=O)O)c4ccc(S(=O)(=O)O)cc4C3(C)C)CCC/C2=C\C=C2\N(CCCS(=O)(=O)O)c3ccc(S(=O)(=O)O)cc3C2(C)C)cc1.[H-].[K+]. The van der Waals surface area contributed by atoms with Crippen molar-refractivity contribution in [3.8, 4) is 5.75 Å². The standard InChI is InChI=1S/C48H57N3O14S4.K.H/c1-32(2)46(52)49-25-24-33-12-16-36(17-13-33)65-45-34(14-22-43-47(3,4)39-30-37(68(59,60)61)18-20-41(39)50(43)26-8-28-66(53,54)55)10-7-11-35(45)15-23-44-48(5,6)40-31-38(69(62,63)64)19-21-42(40)51(44)27-9-29-67(56,57)58;;/h12-23,30-31H,1,7-11,24-29H2,2-6H3,(H4-,49,52,53,54,55,56,57,58,59,60,61,62,63,64);;/q;+1;-1/p+1. The largest absolute Gasteiger partial charge is 1.00 e. The van der Waals surface area contributed by atoms with E-state index in [1.165, 1.54) is 24.3 Å². The van der Waals surface area contributed by atoms with Gasteiger partial charge in [0, 0.05) is 59.6 Å². The Bertz CT molecular complexity index is 3200. The first kappa shape index (κ1) is 57.3. The molecule has 1 amide bonds. The quantitative estimate of drug-likeness (QED) is 0.0489. The van der Waals surface area contributed by atoms with Gasteiger partial charge in [-0.15, -0.1) is 0 Å². The molecule has 2 heterocycles. The molecule has 70 heavy (non-hydrogen) atoms. The monoisotopic (exact) mass is 1070 g/mol. The number of anilines is 1. The number of carbonyl (C=O) groups is 1. The normalized spacial score (nSPS) is 18.0. The van der Waals surface area contributed by atoms with Crippen LogP contribution in [0.4, 0.5) is 11.4 Å². The Morgan fingerprint density at radius 1 is 0.800 bits per heavy atom. The van der Waals surface area contributed by atoms with E-state index in [-0.39, 0.29) is 94.4 Å². The fourth-order valence-electron chi connectivity index (χ4n) is 8.95. The van der Waals surface area contributed by atoms with Gasteiger partial charge in [-0.25, -0.2) is 0 Å².